The average Bonchev–Trinajstić information content (AvgIpc) is 2.38. The van der Waals surface area contributed by atoms with Crippen molar-refractivity contribution in [2.75, 3.05) is 33.7 Å². The molecule has 1 rings (SSSR count). The van der Waals surface area contributed by atoms with Gasteiger partial charge in [0.05, 0.1) is 0 Å². The van der Waals surface area contributed by atoms with Crippen LogP contribution in [-0.2, 0) is 0 Å². The Morgan fingerprint density at radius 2 is 1.94 bits per heavy atom. The molecule has 104 valence electrons. The van der Waals surface area contributed by atoms with E-state index < -0.39 is 0 Å². The van der Waals surface area contributed by atoms with Gasteiger partial charge in [-0.1, -0.05) is 18.2 Å². The third-order valence-electron chi connectivity index (χ3n) is 3.96. The quantitative estimate of drug-likeness (QED) is 0.666. The molecule has 0 aliphatic heterocycles. The van der Waals surface area contributed by atoms with E-state index in [4.69, 9.17) is 0 Å². The van der Waals surface area contributed by atoms with Crippen LogP contribution in [0.1, 0.15) is 32.1 Å². The van der Waals surface area contributed by atoms with E-state index in [0.29, 0.717) is 0 Å². The summed E-state index contributed by atoms with van der Waals surface area (Å²) in [5.41, 5.74) is 0. The fourth-order valence-electron chi connectivity index (χ4n) is 2.75. The van der Waals surface area contributed by atoms with Crippen LogP contribution in [0, 0.1) is 11.8 Å². The lowest BCUT2D eigenvalue weighted by Crippen LogP contribution is -2.19. The molecule has 1 saturated carbocycles. The van der Waals surface area contributed by atoms with Gasteiger partial charge in [-0.2, -0.15) is 0 Å². The van der Waals surface area contributed by atoms with Crippen molar-refractivity contribution in [3.8, 4) is 0 Å². The third kappa shape index (κ3) is 6.36. The van der Waals surface area contributed by atoms with Crippen LogP contribution in [0.4, 0.5) is 0 Å². The molecule has 0 aromatic heterocycles. The van der Waals surface area contributed by atoms with E-state index in [2.05, 4.69) is 36.0 Å². The van der Waals surface area contributed by atoms with Gasteiger partial charge in [-0.05, 0) is 64.6 Å². The Kier molecular flexibility index (Phi) is 8.03. The normalized spacial score (nSPS) is 24.8. The first-order valence-corrected chi connectivity index (χ1v) is 7.37. The van der Waals surface area contributed by atoms with Crippen LogP contribution in [0.5, 0.6) is 0 Å². The van der Waals surface area contributed by atoms with Crippen molar-refractivity contribution in [3.63, 3.8) is 0 Å². The molecule has 1 aliphatic rings. The minimum absolute atomic E-state index is 0.827. The predicted molar refractivity (Wildman–Crippen MR) is 80.8 cm³/mol. The highest BCUT2D eigenvalue weighted by molar-refractivity contribution is 4.93. The van der Waals surface area contributed by atoms with Gasteiger partial charge in [-0.15, -0.1) is 6.58 Å². The van der Waals surface area contributed by atoms with Gasteiger partial charge in [0.25, 0.3) is 0 Å². The predicted octanol–water partition coefficient (Wildman–Crippen LogP) is 3.08. The fraction of sp³-hybridized carbons (Fsp3) is 0.750. The van der Waals surface area contributed by atoms with Crippen molar-refractivity contribution in [2.24, 2.45) is 11.8 Å². The molecule has 0 heterocycles. The molecule has 2 nitrogen and oxygen atoms in total. The van der Waals surface area contributed by atoms with Crippen molar-refractivity contribution in [2.45, 2.75) is 32.1 Å². The second kappa shape index (κ2) is 9.35. The monoisotopic (exact) mass is 250 g/mol. The van der Waals surface area contributed by atoms with Gasteiger partial charge in [-0.3, -0.25) is 4.90 Å². The van der Waals surface area contributed by atoms with Crippen molar-refractivity contribution in [1.29, 1.82) is 0 Å². The Bertz CT molecular complexity index is 239. The maximum Gasteiger partial charge on any atom is 0.0163 e. The van der Waals surface area contributed by atoms with E-state index >= 15 is 0 Å². The summed E-state index contributed by atoms with van der Waals surface area (Å²) in [4.78, 5) is 2.28. The Labute approximate surface area is 113 Å². The van der Waals surface area contributed by atoms with Gasteiger partial charge in [0, 0.05) is 13.1 Å². The van der Waals surface area contributed by atoms with Crippen LogP contribution >= 0.6 is 0 Å². The molecule has 0 radical (unpaired) electrons. The van der Waals surface area contributed by atoms with Gasteiger partial charge >= 0.3 is 0 Å². The molecule has 1 N–H and O–H groups in total. The molecule has 0 amide bonds. The lowest BCUT2D eigenvalue weighted by molar-refractivity contribution is 0.294. The van der Waals surface area contributed by atoms with Crippen LogP contribution in [0.15, 0.2) is 24.8 Å². The molecule has 0 aromatic rings. The Morgan fingerprint density at radius 3 is 2.56 bits per heavy atom. The maximum absolute atomic E-state index is 3.76. The zero-order valence-corrected chi connectivity index (χ0v) is 12.2. The number of hydrogen-bond donors (Lipinski definition) is 1. The topological polar surface area (TPSA) is 15.3 Å². The zero-order valence-electron chi connectivity index (χ0n) is 12.2. The summed E-state index contributed by atoms with van der Waals surface area (Å²) < 4.78 is 0. The standard InChI is InChI=1S/C16H30N2/c1-4-13-18(3)14-5-6-15-7-9-16(10-8-15)11-12-17-2/h4-6,15-17H,1,7-14H2,2-3H3/b6-5+. The molecule has 18 heavy (non-hydrogen) atoms. The van der Waals surface area contributed by atoms with Crippen LogP contribution in [0.25, 0.3) is 0 Å². The summed E-state index contributed by atoms with van der Waals surface area (Å²) >= 11 is 0. The Hall–Kier alpha value is -0.600. The largest absolute Gasteiger partial charge is 0.320 e. The molecule has 0 spiro atoms. The van der Waals surface area contributed by atoms with Crippen LogP contribution in [-0.4, -0.2) is 38.6 Å². The number of likely N-dealkylation sites (N-methyl/N-ethyl adjacent to an activating group) is 1. The zero-order chi connectivity index (χ0) is 13.2. The van der Waals surface area contributed by atoms with E-state index in [0.717, 1.165) is 24.9 Å². The fourth-order valence-corrected chi connectivity index (χ4v) is 2.75. The number of nitrogens with zero attached hydrogens (tertiary/aromatic N) is 1. The third-order valence-corrected chi connectivity index (χ3v) is 3.96. The Balaban J connectivity index is 2.14. The lowest BCUT2D eigenvalue weighted by atomic mass is 9.80. The van der Waals surface area contributed by atoms with Gasteiger partial charge in [0.2, 0.25) is 0 Å². The first kappa shape index (κ1) is 15.5. The smallest absolute Gasteiger partial charge is 0.0163 e. The van der Waals surface area contributed by atoms with Crippen molar-refractivity contribution >= 4 is 0 Å². The number of rotatable bonds is 8. The SMILES string of the molecule is C=CCN(C)C/C=C/C1CCC(CCNC)CC1. The van der Waals surface area contributed by atoms with Gasteiger partial charge < -0.3 is 5.32 Å². The molecule has 0 atom stereocenters. The average molecular weight is 250 g/mol. The van der Waals surface area contributed by atoms with E-state index in [1.165, 1.54) is 38.6 Å². The van der Waals surface area contributed by atoms with E-state index in [1.807, 2.05) is 13.1 Å². The van der Waals surface area contributed by atoms with E-state index in [9.17, 15) is 0 Å². The summed E-state index contributed by atoms with van der Waals surface area (Å²) in [6.45, 7) is 6.96. The second-order valence-corrected chi connectivity index (χ2v) is 5.61. The minimum atomic E-state index is 0.827. The van der Waals surface area contributed by atoms with E-state index in [1.54, 1.807) is 0 Å². The lowest BCUT2D eigenvalue weighted by Gasteiger charge is -2.26. The molecule has 1 aliphatic carbocycles. The minimum Gasteiger partial charge on any atom is -0.320 e. The van der Waals surface area contributed by atoms with Crippen LogP contribution in [0.2, 0.25) is 0 Å². The molecule has 0 bridgehead atoms. The summed E-state index contributed by atoms with van der Waals surface area (Å²) in [6, 6.07) is 0. The first-order valence-electron chi connectivity index (χ1n) is 7.37. The van der Waals surface area contributed by atoms with Crippen molar-refractivity contribution in [3.05, 3.63) is 24.8 Å². The molecule has 0 unspecified atom stereocenters. The molecular formula is C16H30N2. The molecule has 0 saturated heterocycles. The highest BCUT2D eigenvalue weighted by Gasteiger charge is 2.18. The summed E-state index contributed by atoms with van der Waals surface area (Å²) in [6.07, 6.45) is 13.7. The van der Waals surface area contributed by atoms with Crippen LogP contribution in [0.3, 0.4) is 0 Å². The molecule has 1 fully saturated rings. The van der Waals surface area contributed by atoms with Crippen molar-refractivity contribution in [1.82, 2.24) is 10.2 Å². The van der Waals surface area contributed by atoms with Gasteiger partial charge in [0.1, 0.15) is 0 Å². The van der Waals surface area contributed by atoms with Gasteiger partial charge in [-0.25, -0.2) is 0 Å². The molecule has 2 heteroatoms. The first-order chi connectivity index (χ1) is 8.76. The summed E-state index contributed by atoms with van der Waals surface area (Å²) in [7, 11) is 4.19. The number of allylic oxidation sites excluding steroid dienone is 1. The van der Waals surface area contributed by atoms with Crippen LogP contribution < -0.4 is 5.32 Å². The molecular weight excluding hydrogens is 220 g/mol. The van der Waals surface area contributed by atoms with Crippen molar-refractivity contribution < 1.29 is 0 Å². The summed E-state index contributed by atoms with van der Waals surface area (Å²) in [5.74, 6) is 1.79. The number of nitrogens with one attached hydrogen (secondary N) is 1. The maximum atomic E-state index is 3.76. The summed E-state index contributed by atoms with van der Waals surface area (Å²) in [5, 5.41) is 3.26. The highest BCUT2D eigenvalue weighted by atomic mass is 15.1. The van der Waals surface area contributed by atoms with E-state index in [-0.39, 0.29) is 0 Å². The Morgan fingerprint density at radius 1 is 1.22 bits per heavy atom. The second-order valence-electron chi connectivity index (χ2n) is 5.61. The number of hydrogen-bond acceptors (Lipinski definition) is 2. The molecule has 0 aromatic carbocycles. The highest BCUT2D eigenvalue weighted by Crippen LogP contribution is 2.31. The van der Waals surface area contributed by atoms with Gasteiger partial charge in [0.15, 0.2) is 0 Å².